The minimum atomic E-state index is 0.747. The lowest BCUT2D eigenvalue weighted by molar-refractivity contribution is 0.190. The summed E-state index contributed by atoms with van der Waals surface area (Å²) in [5.74, 6) is 1.06. The van der Waals surface area contributed by atoms with Crippen molar-refractivity contribution in [3.05, 3.63) is 60.0 Å². The lowest BCUT2D eigenvalue weighted by Crippen LogP contribution is -2.07. The van der Waals surface area contributed by atoms with Crippen molar-refractivity contribution in [2.45, 2.75) is 19.4 Å². The molecule has 0 spiro atoms. The molecule has 0 aliphatic heterocycles. The Kier molecular flexibility index (Phi) is 4.26. The Balaban J connectivity index is 1.94. The molecule has 2 aromatic heterocycles. The van der Waals surface area contributed by atoms with Gasteiger partial charge in [-0.05, 0) is 24.1 Å². The summed E-state index contributed by atoms with van der Waals surface area (Å²) in [5.41, 5.74) is 3.18. The fourth-order valence-electron chi connectivity index (χ4n) is 2.52. The monoisotopic (exact) mass is 281 g/mol. The molecule has 4 heteroatoms. The molecule has 108 valence electrons. The summed E-state index contributed by atoms with van der Waals surface area (Å²) < 4.78 is 7.37. The lowest BCUT2D eigenvalue weighted by Gasteiger charge is -2.08. The van der Waals surface area contributed by atoms with E-state index in [0.717, 1.165) is 43.0 Å². The molecule has 0 saturated carbocycles. The van der Waals surface area contributed by atoms with Crippen LogP contribution >= 0.6 is 0 Å². The Hall–Kier alpha value is -2.20. The number of hydrogen-bond acceptors (Lipinski definition) is 3. The van der Waals surface area contributed by atoms with E-state index in [2.05, 4.69) is 33.8 Å². The highest BCUT2D eigenvalue weighted by Crippen LogP contribution is 2.17. The summed E-state index contributed by atoms with van der Waals surface area (Å²) in [4.78, 5) is 9.23. The van der Waals surface area contributed by atoms with Crippen LogP contribution in [-0.4, -0.2) is 28.3 Å². The number of pyridine rings is 1. The molecule has 2 heterocycles. The second kappa shape index (κ2) is 6.50. The zero-order valence-electron chi connectivity index (χ0n) is 12.2. The van der Waals surface area contributed by atoms with Crippen LogP contribution in [0.5, 0.6) is 0 Å². The van der Waals surface area contributed by atoms with E-state index in [1.165, 1.54) is 5.56 Å². The molecule has 0 amide bonds. The third kappa shape index (κ3) is 3.11. The SMILES string of the molecule is COCCCn1c(Cc2ccccc2)nc2cccnc21. The molecule has 0 radical (unpaired) electrons. The maximum Gasteiger partial charge on any atom is 0.159 e. The maximum atomic E-state index is 5.16. The van der Waals surface area contributed by atoms with Crippen LogP contribution in [-0.2, 0) is 17.7 Å². The van der Waals surface area contributed by atoms with Crippen LogP contribution in [0, 0.1) is 0 Å². The Labute approximate surface area is 124 Å². The van der Waals surface area contributed by atoms with Crippen molar-refractivity contribution in [1.82, 2.24) is 14.5 Å². The van der Waals surface area contributed by atoms with Gasteiger partial charge in [-0.25, -0.2) is 9.97 Å². The van der Waals surface area contributed by atoms with Gasteiger partial charge < -0.3 is 9.30 Å². The number of hydrogen-bond donors (Lipinski definition) is 0. The molecule has 0 atom stereocenters. The van der Waals surface area contributed by atoms with E-state index in [1.54, 1.807) is 7.11 Å². The van der Waals surface area contributed by atoms with Gasteiger partial charge in [0, 0.05) is 32.9 Å². The molecular weight excluding hydrogens is 262 g/mol. The highest BCUT2D eigenvalue weighted by molar-refractivity contribution is 5.71. The average Bonchev–Trinajstić information content (AvgIpc) is 2.86. The number of aryl methyl sites for hydroxylation is 1. The van der Waals surface area contributed by atoms with Gasteiger partial charge in [-0.15, -0.1) is 0 Å². The van der Waals surface area contributed by atoms with Gasteiger partial charge in [-0.3, -0.25) is 0 Å². The number of fused-ring (bicyclic) bond motifs is 1. The van der Waals surface area contributed by atoms with Crippen molar-refractivity contribution in [2.24, 2.45) is 0 Å². The Bertz CT molecular complexity index is 706. The first-order chi connectivity index (χ1) is 10.4. The van der Waals surface area contributed by atoms with Gasteiger partial charge in [0.05, 0.1) is 0 Å². The van der Waals surface area contributed by atoms with Crippen molar-refractivity contribution in [2.75, 3.05) is 13.7 Å². The van der Waals surface area contributed by atoms with E-state index in [1.807, 2.05) is 24.4 Å². The molecule has 3 rings (SSSR count). The predicted molar refractivity (Wildman–Crippen MR) is 83.3 cm³/mol. The molecule has 21 heavy (non-hydrogen) atoms. The molecular formula is C17H19N3O. The first-order valence-corrected chi connectivity index (χ1v) is 7.21. The zero-order chi connectivity index (χ0) is 14.5. The van der Waals surface area contributed by atoms with Gasteiger partial charge in [-0.2, -0.15) is 0 Å². The molecule has 0 unspecified atom stereocenters. The average molecular weight is 281 g/mol. The molecule has 0 aliphatic rings. The fraction of sp³-hybridized carbons (Fsp3) is 0.294. The van der Waals surface area contributed by atoms with Gasteiger partial charge in [-0.1, -0.05) is 30.3 Å². The van der Waals surface area contributed by atoms with Gasteiger partial charge >= 0.3 is 0 Å². The van der Waals surface area contributed by atoms with Crippen molar-refractivity contribution >= 4 is 11.2 Å². The second-order valence-corrected chi connectivity index (χ2v) is 5.03. The van der Waals surface area contributed by atoms with Crippen LogP contribution in [0.4, 0.5) is 0 Å². The predicted octanol–water partition coefficient (Wildman–Crippen LogP) is 3.06. The highest BCUT2D eigenvalue weighted by Gasteiger charge is 2.11. The minimum Gasteiger partial charge on any atom is -0.385 e. The third-order valence-electron chi connectivity index (χ3n) is 3.52. The van der Waals surface area contributed by atoms with Crippen LogP contribution < -0.4 is 0 Å². The van der Waals surface area contributed by atoms with Crippen LogP contribution in [0.1, 0.15) is 17.8 Å². The quantitative estimate of drug-likeness (QED) is 0.652. The van der Waals surface area contributed by atoms with Crippen LogP contribution in [0.3, 0.4) is 0 Å². The summed E-state index contributed by atoms with van der Waals surface area (Å²) in [7, 11) is 1.73. The first-order valence-electron chi connectivity index (χ1n) is 7.21. The van der Waals surface area contributed by atoms with Gasteiger partial charge in [0.25, 0.3) is 0 Å². The lowest BCUT2D eigenvalue weighted by atomic mass is 10.1. The zero-order valence-corrected chi connectivity index (χ0v) is 12.2. The summed E-state index contributed by atoms with van der Waals surface area (Å²) in [6.07, 6.45) is 3.60. The molecule has 4 nitrogen and oxygen atoms in total. The third-order valence-corrected chi connectivity index (χ3v) is 3.52. The van der Waals surface area contributed by atoms with E-state index in [4.69, 9.17) is 9.72 Å². The van der Waals surface area contributed by atoms with Crippen molar-refractivity contribution in [1.29, 1.82) is 0 Å². The van der Waals surface area contributed by atoms with E-state index in [-0.39, 0.29) is 0 Å². The van der Waals surface area contributed by atoms with E-state index in [0.29, 0.717) is 0 Å². The number of imidazole rings is 1. The summed E-state index contributed by atoms with van der Waals surface area (Å²) in [6.45, 7) is 1.63. The summed E-state index contributed by atoms with van der Waals surface area (Å²) >= 11 is 0. The van der Waals surface area contributed by atoms with Crippen molar-refractivity contribution < 1.29 is 4.74 Å². The Morgan fingerprint density at radius 2 is 1.95 bits per heavy atom. The smallest absolute Gasteiger partial charge is 0.159 e. The number of benzene rings is 1. The molecule has 0 saturated heterocycles. The molecule has 3 aromatic rings. The van der Waals surface area contributed by atoms with Gasteiger partial charge in [0.15, 0.2) is 5.65 Å². The number of methoxy groups -OCH3 is 1. The number of nitrogens with zero attached hydrogens (tertiary/aromatic N) is 3. The van der Waals surface area contributed by atoms with E-state index >= 15 is 0 Å². The Morgan fingerprint density at radius 1 is 1.10 bits per heavy atom. The van der Waals surface area contributed by atoms with Crippen LogP contribution in [0.15, 0.2) is 48.7 Å². The summed E-state index contributed by atoms with van der Waals surface area (Å²) in [6, 6.07) is 14.4. The number of ether oxygens (including phenoxy) is 1. The Morgan fingerprint density at radius 3 is 2.76 bits per heavy atom. The first kappa shape index (κ1) is 13.8. The standard InChI is InChI=1S/C17H19N3O/c1-21-12-6-11-20-16(13-14-7-3-2-4-8-14)19-15-9-5-10-18-17(15)20/h2-5,7-10H,6,11-13H2,1H3. The van der Waals surface area contributed by atoms with Crippen molar-refractivity contribution in [3.63, 3.8) is 0 Å². The molecule has 0 fully saturated rings. The largest absolute Gasteiger partial charge is 0.385 e. The minimum absolute atomic E-state index is 0.747. The van der Waals surface area contributed by atoms with Gasteiger partial charge in [0.2, 0.25) is 0 Å². The fourth-order valence-corrected chi connectivity index (χ4v) is 2.52. The van der Waals surface area contributed by atoms with E-state index in [9.17, 15) is 0 Å². The van der Waals surface area contributed by atoms with Crippen molar-refractivity contribution in [3.8, 4) is 0 Å². The normalized spacial score (nSPS) is 11.1. The van der Waals surface area contributed by atoms with Gasteiger partial charge in [0.1, 0.15) is 11.3 Å². The topological polar surface area (TPSA) is 39.9 Å². The molecule has 0 aliphatic carbocycles. The van der Waals surface area contributed by atoms with Crippen LogP contribution in [0.2, 0.25) is 0 Å². The number of aromatic nitrogens is 3. The molecule has 0 N–H and O–H groups in total. The highest BCUT2D eigenvalue weighted by atomic mass is 16.5. The van der Waals surface area contributed by atoms with E-state index < -0.39 is 0 Å². The molecule has 1 aromatic carbocycles. The number of rotatable bonds is 6. The van der Waals surface area contributed by atoms with Crippen LogP contribution in [0.25, 0.3) is 11.2 Å². The second-order valence-electron chi connectivity index (χ2n) is 5.03. The molecule has 0 bridgehead atoms. The maximum absolute atomic E-state index is 5.16. The summed E-state index contributed by atoms with van der Waals surface area (Å²) in [5, 5.41) is 0.